The van der Waals surface area contributed by atoms with Crippen LogP contribution in [0.1, 0.15) is 37.2 Å². The SMILES string of the molecule is C[C@@H](c1nc2ccccc2s1)N(C)C(=O)N[C@@H]1CCCCNC1=O. The van der Waals surface area contributed by atoms with Crippen LogP contribution in [0.5, 0.6) is 0 Å². The lowest BCUT2D eigenvalue weighted by molar-refractivity contribution is -0.122. The molecule has 0 unspecified atom stereocenters. The zero-order valence-electron chi connectivity index (χ0n) is 13.9. The molecule has 0 bridgehead atoms. The third-order valence-electron chi connectivity index (χ3n) is 4.40. The zero-order chi connectivity index (χ0) is 17.1. The summed E-state index contributed by atoms with van der Waals surface area (Å²) in [4.78, 5) is 30.7. The number of fused-ring (bicyclic) bond motifs is 1. The van der Waals surface area contributed by atoms with E-state index in [-0.39, 0.29) is 18.0 Å². The predicted octanol–water partition coefficient (Wildman–Crippen LogP) is 2.67. The summed E-state index contributed by atoms with van der Waals surface area (Å²) in [5, 5.41) is 6.57. The summed E-state index contributed by atoms with van der Waals surface area (Å²) in [5.74, 6) is -0.0955. The number of hydrogen-bond acceptors (Lipinski definition) is 4. The molecule has 2 N–H and O–H groups in total. The van der Waals surface area contributed by atoms with Gasteiger partial charge in [0.2, 0.25) is 5.91 Å². The number of para-hydroxylation sites is 1. The Kier molecular flexibility index (Phi) is 4.99. The highest BCUT2D eigenvalue weighted by Gasteiger charge is 2.26. The average molecular weight is 346 g/mol. The highest BCUT2D eigenvalue weighted by Crippen LogP contribution is 2.28. The van der Waals surface area contributed by atoms with Crippen LogP contribution in [0, 0.1) is 0 Å². The van der Waals surface area contributed by atoms with Gasteiger partial charge in [-0.25, -0.2) is 9.78 Å². The summed E-state index contributed by atoms with van der Waals surface area (Å²) in [6.45, 7) is 2.63. The molecule has 6 nitrogen and oxygen atoms in total. The Bertz CT molecular complexity index is 712. The van der Waals surface area contributed by atoms with Gasteiger partial charge in [0.25, 0.3) is 0 Å². The van der Waals surface area contributed by atoms with E-state index in [1.54, 1.807) is 23.3 Å². The molecule has 0 aliphatic carbocycles. The quantitative estimate of drug-likeness (QED) is 0.897. The van der Waals surface area contributed by atoms with Crippen LogP contribution < -0.4 is 10.6 Å². The summed E-state index contributed by atoms with van der Waals surface area (Å²) in [7, 11) is 1.74. The fraction of sp³-hybridized carbons (Fsp3) is 0.471. The molecule has 3 rings (SSSR count). The summed E-state index contributed by atoms with van der Waals surface area (Å²) in [6.07, 6.45) is 2.57. The zero-order valence-corrected chi connectivity index (χ0v) is 14.7. The van der Waals surface area contributed by atoms with Crippen molar-refractivity contribution < 1.29 is 9.59 Å². The van der Waals surface area contributed by atoms with Crippen LogP contribution in [0.15, 0.2) is 24.3 Å². The molecule has 0 spiro atoms. The Morgan fingerprint density at radius 2 is 2.21 bits per heavy atom. The van der Waals surface area contributed by atoms with Crippen molar-refractivity contribution in [2.24, 2.45) is 0 Å². The molecule has 0 saturated carbocycles. The molecule has 2 aromatic rings. The van der Waals surface area contributed by atoms with Crippen LogP contribution in [0.4, 0.5) is 4.79 Å². The summed E-state index contributed by atoms with van der Waals surface area (Å²) >= 11 is 1.59. The molecule has 24 heavy (non-hydrogen) atoms. The molecule has 1 saturated heterocycles. The second-order valence-electron chi connectivity index (χ2n) is 6.10. The minimum atomic E-state index is -0.454. The molecule has 128 valence electrons. The Morgan fingerprint density at radius 3 is 3.00 bits per heavy atom. The van der Waals surface area contributed by atoms with Gasteiger partial charge in [-0.05, 0) is 38.3 Å². The molecule has 0 radical (unpaired) electrons. The fourth-order valence-corrected chi connectivity index (χ4v) is 3.80. The third-order valence-corrected chi connectivity index (χ3v) is 5.61. The van der Waals surface area contributed by atoms with Crippen LogP contribution in [0.3, 0.4) is 0 Å². The van der Waals surface area contributed by atoms with E-state index in [0.29, 0.717) is 13.0 Å². The van der Waals surface area contributed by atoms with E-state index >= 15 is 0 Å². The van der Waals surface area contributed by atoms with Gasteiger partial charge in [0.05, 0.1) is 16.3 Å². The third kappa shape index (κ3) is 3.51. The highest BCUT2D eigenvalue weighted by molar-refractivity contribution is 7.18. The molecule has 2 heterocycles. The molecule has 2 atom stereocenters. The molecule has 1 aliphatic rings. The van der Waals surface area contributed by atoms with E-state index in [1.807, 2.05) is 31.2 Å². The van der Waals surface area contributed by atoms with Gasteiger partial charge in [-0.3, -0.25) is 4.79 Å². The van der Waals surface area contributed by atoms with Crippen molar-refractivity contribution in [1.29, 1.82) is 0 Å². The van der Waals surface area contributed by atoms with E-state index in [0.717, 1.165) is 28.1 Å². The minimum Gasteiger partial charge on any atom is -0.354 e. The van der Waals surface area contributed by atoms with Gasteiger partial charge in [0.1, 0.15) is 11.0 Å². The summed E-state index contributed by atoms with van der Waals surface area (Å²) in [5.41, 5.74) is 0.946. The minimum absolute atomic E-state index is 0.0955. The summed E-state index contributed by atoms with van der Waals surface area (Å²) < 4.78 is 1.11. The monoisotopic (exact) mass is 346 g/mol. The number of amides is 3. The van der Waals surface area contributed by atoms with Gasteiger partial charge in [-0.15, -0.1) is 11.3 Å². The van der Waals surface area contributed by atoms with Crippen LogP contribution in [-0.4, -0.2) is 41.5 Å². The largest absolute Gasteiger partial charge is 0.354 e. The molecular formula is C17H22N4O2S. The van der Waals surface area contributed by atoms with Gasteiger partial charge in [-0.2, -0.15) is 0 Å². The lowest BCUT2D eigenvalue weighted by Gasteiger charge is -2.26. The number of nitrogens with one attached hydrogen (secondary N) is 2. The van der Waals surface area contributed by atoms with Gasteiger partial charge in [0.15, 0.2) is 0 Å². The first-order valence-electron chi connectivity index (χ1n) is 8.23. The molecule has 1 aliphatic heterocycles. The van der Waals surface area contributed by atoms with E-state index in [4.69, 9.17) is 0 Å². The maximum Gasteiger partial charge on any atom is 0.318 e. The summed E-state index contributed by atoms with van der Waals surface area (Å²) in [6, 6.07) is 7.08. The Balaban J connectivity index is 1.68. The molecule has 7 heteroatoms. The molecule has 1 aromatic carbocycles. The second kappa shape index (κ2) is 7.17. The van der Waals surface area contributed by atoms with Crippen molar-refractivity contribution in [1.82, 2.24) is 20.5 Å². The maximum atomic E-state index is 12.5. The van der Waals surface area contributed by atoms with Crippen LogP contribution in [0.2, 0.25) is 0 Å². The fourth-order valence-electron chi connectivity index (χ4n) is 2.74. The molecular weight excluding hydrogens is 324 g/mol. The van der Waals surface area contributed by atoms with Crippen LogP contribution in [0.25, 0.3) is 10.2 Å². The molecule has 1 aromatic heterocycles. The lowest BCUT2D eigenvalue weighted by Crippen LogP contribution is -2.49. The van der Waals surface area contributed by atoms with Crippen LogP contribution in [-0.2, 0) is 4.79 Å². The number of hydrogen-bond donors (Lipinski definition) is 2. The smallest absolute Gasteiger partial charge is 0.318 e. The normalized spacial score (nSPS) is 19.4. The number of benzene rings is 1. The van der Waals surface area contributed by atoms with E-state index in [2.05, 4.69) is 15.6 Å². The number of rotatable bonds is 3. The van der Waals surface area contributed by atoms with Crippen molar-refractivity contribution in [3.05, 3.63) is 29.3 Å². The number of nitrogens with zero attached hydrogens (tertiary/aromatic N) is 2. The molecule has 3 amide bonds. The van der Waals surface area contributed by atoms with Crippen molar-refractivity contribution in [2.75, 3.05) is 13.6 Å². The number of carbonyl (C=O) groups is 2. The maximum absolute atomic E-state index is 12.5. The standard InChI is InChI=1S/C17H22N4O2S/c1-11(16-19-12-7-3-4-9-14(12)24-16)21(2)17(23)20-13-8-5-6-10-18-15(13)22/h3-4,7,9,11,13H,5-6,8,10H2,1-2H3,(H,18,22)(H,20,23)/t11-,13+/m0/s1. The average Bonchev–Trinajstić information content (AvgIpc) is 2.92. The number of thiazole rings is 1. The highest BCUT2D eigenvalue weighted by atomic mass is 32.1. The predicted molar refractivity (Wildman–Crippen MR) is 95.0 cm³/mol. The van der Waals surface area contributed by atoms with Crippen molar-refractivity contribution >= 4 is 33.5 Å². The number of urea groups is 1. The molecule has 1 fully saturated rings. The van der Waals surface area contributed by atoms with Crippen molar-refractivity contribution in [2.45, 2.75) is 38.3 Å². The second-order valence-corrected chi connectivity index (χ2v) is 7.16. The van der Waals surface area contributed by atoms with Gasteiger partial charge < -0.3 is 15.5 Å². The van der Waals surface area contributed by atoms with E-state index in [1.165, 1.54) is 0 Å². The van der Waals surface area contributed by atoms with Gasteiger partial charge in [0, 0.05) is 13.6 Å². The van der Waals surface area contributed by atoms with Crippen LogP contribution >= 0.6 is 11.3 Å². The first kappa shape index (κ1) is 16.7. The van der Waals surface area contributed by atoms with E-state index < -0.39 is 6.04 Å². The van der Waals surface area contributed by atoms with Gasteiger partial charge in [-0.1, -0.05) is 12.1 Å². The number of aromatic nitrogens is 1. The number of carbonyl (C=O) groups excluding carboxylic acids is 2. The lowest BCUT2D eigenvalue weighted by atomic mass is 10.1. The van der Waals surface area contributed by atoms with E-state index in [9.17, 15) is 9.59 Å². The van der Waals surface area contributed by atoms with Gasteiger partial charge >= 0.3 is 6.03 Å². The Hall–Kier alpha value is -2.15. The Labute approximate surface area is 145 Å². The van der Waals surface area contributed by atoms with Crippen molar-refractivity contribution in [3.8, 4) is 0 Å². The first-order valence-corrected chi connectivity index (χ1v) is 9.04. The topological polar surface area (TPSA) is 74.3 Å². The first-order chi connectivity index (χ1) is 11.6. The Morgan fingerprint density at radius 1 is 1.42 bits per heavy atom. The van der Waals surface area contributed by atoms with Crippen molar-refractivity contribution in [3.63, 3.8) is 0 Å².